The summed E-state index contributed by atoms with van der Waals surface area (Å²) in [6, 6.07) is 6.01. The Morgan fingerprint density at radius 2 is 2.14 bits per heavy atom. The molecule has 0 amide bonds. The van der Waals surface area contributed by atoms with Crippen LogP contribution in [0.2, 0.25) is 0 Å². The molecule has 0 aliphatic heterocycles. The van der Waals surface area contributed by atoms with E-state index in [-0.39, 0.29) is 5.41 Å². The largest absolute Gasteiger partial charge is 0.396 e. The zero-order valence-corrected chi connectivity index (χ0v) is 14.3. The van der Waals surface area contributed by atoms with Crippen molar-refractivity contribution in [3.8, 4) is 0 Å². The van der Waals surface area contributed by atoms with E-state index in [0.29, 0.717) is 5.69 Å². The molecule has 0 aliphatic carbocycles. The Morgan fingerprint density at radius 1 is 1.38 bits per heavy atom. The van der Waals surface area contributed by atoms with Crippen molar-refractivity contribution >= 4 is 38.2 Å². The van der Waals surface area contributed by atoms with Crippen LogP contribution in [-0.2, 0) is 4.74 Å². The Morgan fingerprint density at radius 3 is 2.86 bits per heavy atom. The normalized spacial score (nSPS) is 11.8. The molecule has 0 atom stereocenters. The fourth-order valence-corrected chi connectivity index (χ4v) is 2.53. The molecule has 1 aromatic heterocycles. The van der Waals surface area contributed by atoms with E-state index >= 15 is 0 Å². The molecule has 0 saturated carbocycles. The second kappa shape index (κ2) is 6.62. The Kier molecular flexibility index (Phi) is 5.06. The number of halogens is 1. The highest BCUT2D eigenvalue weighted by Gasteiger charge is 2.18. The van der Waals surface area contributed by atoms with Crippen molar-refractivity contribution in [3.63, 3.8) is 0 Å². The number of hydrogen-bond donors (Lipinski definition) is 2. The van der Waals surface area contributed by atoms with Crippen LogP contribution >= 0.6 is 15.9 Å². The van der Waals surface area contributed by atoms with Gasteiger partial charge in [0.25, 0.3) is 0 Å². The third-order valence-electron chi connectivity index (χ3n) is 3.59. The van der Waals surface area contributed by atoms with Gasteiger partial charge in [-0.25, -0.2) is 0 Å². The number of hydrogen-bond acceptors (Lipinski definition) is 4. The number of nitrogens with zero attached hydrogens (tertiary/aromatic N) is 1. The fourth-order valence-electron chi connectivity index (χ4n) is 2.17. The summed E-state index contributed by atoms with van der Waals surface area (Å²) in [6.07, 6.45) is 2.70. The van der Waals surface area contributed by atoms with Crippen LogP contribution in [0.25, 0.3) is 10.9 Å². The Hall–Kier alpha value is -1.33. The molecule has 0 saturated heterocycles. The number of rotatable bonds is 6. The van der Waals surface area contributed by atoms with Gasteiger partial charge in [-0.3, -0.25) is 4.98 Å². The van der Waals surface area contributed by atoms with E-state index in [1.54, 1.807) is 13.3 Å². The quantitative estimate of drug-likeness (QED) is 0.823. The standard InChI is InChI=1S/C16H22BrN3O/c1-16(2,6-7-21-3)10-20-15-12-8-11(17)4-5-14(12)19-9-13(15)18/h4-5,8-9H,6-7,10,18H2,1-3H3,(H,19,20). The van der Waals surface area contributed by atoms with Gasteiger partial charge in [0.1, 0.15) is 0 Å². The van der Waals surface area contributed by atoms with E-state index < -0.39 is 0 Å². The van der Waals surface area contributed by atoms with Gasteiger partial charge in [0.05, 0.1) is 23.1 Å². The molecule has 2 rings (SSSR count). The summed E-state index contributed by atoms with van der Waals surface area (Å²) in [5.41, 5.74) is 8.79. The van der Waals surface area contributed by atoms with E-state index in [1.165, 1.54) is 0 Å². The molecule has 0 radical (unpaired) electrons. The van der Waals surface area contributed by atoms with Gasteiger partial charge in [-0.2, -0.15) is 0 Å². The maximum Gasteiger partial charge on any atom is 0.0743 e. The molecule has 3 N–H and O–H groups in total. The summed E-state index contributed by atoms with van der Waals surface area (Å²) in [5, 5.41) is 4.53. The van der Waals surface area contributed by atoms with Gasteiger partial charge in [-0.05, 0) is 30.0 Å². The Labute approximate surface area is 134 Å². The lowest BCUT2D eigenvalue weighted by Crippen LogP contribution is -2.25. The fraction of sp³-hybridized carbons (Fsp3) is 0.438. The molecule has 1 heterocycles. The van der Waals surface area contributed by atoms with Gasteiger partial charge < -0.3 is 15.8 Å². The first-order valence-corrected chi connectivity index (χ1v) is 7.79. The van der Waals surface area contributed by atoms with Gasteiger partial charge in [-0.15, -0.1) is 0 Å². The Bertz CT molecular complexity index is 623. The van der Waals surface area contributed by atoms with Crippen molar-refractivity contribution in [3.05, 3.63) is 28.9 Å². The van der Waals surface area contributed by atoms with Crippen LogP contribution in [-0.4, -0.2) is 25.2 Å². The first-order valence-electron chi connectivity index (χ1n) is 6.99. The number of ether oxygens (including phenoxy) is 1. The lowest BCUT2D eigenvalue weighted by molar-refractivity contribution is 0.157. The number of methoxy groups -OCH3 is 1. The zero-order chi connectivity index (χ0) is 15.5. The van der Waals surface area contributed by atoms with Crippen molar-refractivity contribution in [2.45, 2.75) is 20.3 Å². The van der Waals surface area contributed by atoms with E-state index in [4.69, 9.17) is 10.5 Å². The number of aromatic nitrogens is 1. The summed E-state index contributed by atoms with van der Waals surface area (Å²) < 4.78 is 6.19. The maximum absolute atomic E-state index is 6.10. The second-order valence-corrected chi connectivity index (χ2v) is 6.93. The third-order valence-corrected chi connectivity index (χ3v) is 4.08. The van der Waals surface area contributed by atoms with Gasteiger partial charge in [-0.1, -0.05) is 29.8 Å². The summed E-state index contributed by atoms with van der Waals surface area (Å²) in [5.74, 6) is 0. The molecule has 5 heteroatoms. The predicted molar refractivity (Wildman–Crippen MR) is 92.6 cm³/mol. The topological polar surface area (TPSA) is 60.2 Å². The SMILES string of the molecule is COCCC(C)(C)CNc1c(N)cnc2ccc(Br)cc12. The minimum Gasteiger partial charge on any atom is -0.396 e. The van der Waals surface area contributed by atoms with Gasteiger partial charge in [0.15, 0.2) is 0 Å². The number of nitrogens with one attached hydrogen (secondary N) is 1. The average molecular weight is 352 g/mol. The molecule has 0 fully saturated rings. The van der Waals surface area contributed by atoms with Crippen molar-refractivity contribution in [2.24, 2.45) is 5.41 Å². The van der Waals surface area contributed by atoms with Crippen molar-refractivity contribution in [1.29, 1.82) is 0 Å². The summed E-state index contributed by atoms with van der Waals surface area (Å²) >= 11 is 3.50. The molecule has 0 unspecified atom stereocenters. The number of nitrogens with two attached hydrogens (primary N) is 1. The number of pyridine rings is 1. The molecule has 0 bridgehead atoms. The lowest BCUT2D eigenvalue weighted by Gasteiger charge is -2.26. The highest BCUT2D eigenvalue weighted by atomic mass is 79.9. The maximum atomic E-state index is 6.10. The number of anilines is 2. The lowest BCUT2D eigenvalue weighted by atomic mass is 9.89. The van der Waals surface area contributed by atoms with Crippen molar-refractivity contribution in [2.75, 3.05) is 31.3 Å². The molecule has 1 aromatic carbocycles. The van der Waals surface area contributed by atoms with E-state index in [2.05, 4.69) is 40.1 Å². The zero-order valence-electron chi connectivity index (χ0n) is 12.7. The first-order chi connectivity index (χ1) is 9.93. The van der Waals surface area contributed by atoms with Crippen LogP contribution in [0.15, 0.2) is 28.9 Å². The van der Waals surface area contributed by atoms with Crippen LogP contribution in [0.5, 0.6) is 0 Å². The summed E-state index contributed by atoms with van der Waals surface area (Å²) in [7, 11) is 1.73. The van der Waals surface area contributed by atoms with Crippen LogP contribution in [0, 0.1) is 5.41 Å². The van der Waals surface area contributed by atoms with Crippen LogP contribution in [0.3, 0.4) is 0 Å². The molecule has 114 valence electrons. The first kappa shape index (κ1) is 16.0. The molecular weight excluding hydrogens is 330 g/mol. The molecule has 4 nitrogen and oxygen atoms in total. The van der Waals surface area contributed by atoms with Gasteiger partial charge in [0.2, 0.25) is 0 Å². The minimum atomic E-state index is 0.129. The Balaban J connectivity index is 2.25. The van der Waals surface area contributed by atoms with Crippen LogP contribution in [0.1, 0.15) is 20.3 Å². The number of nitrogen functional groups attached to an aromatic ring is 1. The van der Waals surface area contributed by atoms with Gasteiger partial charge in [0, 0.05) is 30.1 Å². The van der Waals surface area contributed by atoms with Crippen LogP contribution < -0.4 is 11.1 Å². The molecule has 21 heavy (non-hydrogen) atoms. The van der Waals surface area contributed by atoms with Crippen LogP contribution in [0.4, 0.5) is 11.4 Å². The number of fused-ring (bicyclic) bond motifs is 1. The van der Waals surface area contributed by atoms with Crippen molar-refractivity contribution in [1.82, 2.24) is 4.98 Å². The smallest absolute Gasteiger partial charge is 0.0743 e. The van der Waals surface area contributed by atoms with Crippen molar-refractivity contribution < 1.29 is 4.74 Å². The highest BCUT2D eigenvalue weighted by Crippen LogP contribution is 2.31. The van der Waals surface area contributed by atoms with E-state index in [1.807, 2.05) is 18.2 Å². The van der Waals surface area contributed by atoms with Gasteiger partial charge >= 0.3 is 0 Å². The summed E-state index contributed by atoms with van der Waals surface area (Å²) in [4.78, 5) is 4.37. The third kappa shape index (κ3) is 4.08. The summed E-state index contributed by atoms with van der Waals surface area (Å²) in [6.45, 7) is 6.02. The molecule has 2 aromatic rings. The minimum absolute atomic E-state index is 0.129. The van der Waals surface area contributed by atoms with E-state index in [0.717, 1.165) is 40.6 Å². The van der Waals surface area contributed by atoms with E-state index in [9.17, 15) is 0 Å². The molecule has 0 aliphatic rings. The molecule has 0 spiro atoms. The second-order valence-electron chi connectivity index (χ2n) is 6.01. The monoisotopic (exact) mass is 351 g/mol. The predicted octanol–water partition coefficient (Wildman–Crippen LogP) is 4.05. The molecular formula is C16H22BrN3O. The number of benzene rings is 1. The highest BCUT2D eigenvalue weighted by molar-refractivity contribution is 9.10. The average Bonchev–Trinajstić information content (AvgIpc) is 2.44.